The molecule has 2 aromatic rings. The number of likely N-dealkylation sites (N-methyl/N-ethyl adjacent to an activating group) is 1. The van der Waals surface area contributed by atoms with Gasteiger partial charge >= 0.3 is 0 Å². The van der Waals surface area contributed by atoms with E-state index in [9.17, 15) is 23.3 Å². The van der Waals surface area contributed by atoms with E-state index in [-0.39, 0.29) is 18.0 Å². The van der Waals surface area contributed by atoms with Gasteiger partial charge in [-0.15, -0.1) is 0 Å². The lowest BCUT2D eigenvalue weighted by Crippen LogP contribution is -2.25. The SMILES string of the molecule is CCN1C(=O)Cc2cc(NS(=O)(=O)c3ccccc3[N+](=O)[O-])ccc21. The molecule has 25 heavy (non-hydrogen) atoms. The zero-order valence-electron chi connectivity index (χ0n) is 13.3. The van der Waals surface area contributed by atoms with Crippen LogP contribution in [0.1, 0.15) is 12.5 Å². The number of carbonyl (C=O) groups excluding carboxylic acids is 1. The largest absolute Gasteiger partial charge is 0.312 e. The zero-order chi connectivity index (χ0) is 18.2. The number of nitro benzene ring substituents is 1. The lowest BCUT2D eigenvalue weighted by atomic mass is 10.1. The van der Waals surface area contributed by atoms with Crippen molar-refractivity contribution in [1.29, 1.82) is 0 Å². The number of para-hydroxylation sites is 1. The highest BCUT2D eigenvalue weighted by Gasteiger charge is 2.28. The Hall–Kier alpha value is -2.94. The van der Waals surface area contributed by atoms with Gasteiger partial charge in [0.15, 0.2) is 4.90 Å². The second kappa shape index (κ2) is 6.17. The third-order valence-corrected chi connectivity index (χ3v) is 5.36. The molecule has 0 atom stereocenters. The van der Waals surface area contributed by atoms with Gasteiger partial charge in [-0.05, 0) is 36.8 Å². The fraction of sp³-hybridized carbons (Fsp3) is 0.188. The summed E-state index contributed by atoms with van der Waals surface area (Å²) in [6, 6.07) is 9.91. The number of benzene rings is 2. The van der Waals surface area contributed by atoms with Crippen molar-refractivity contribution in [1.82, 2.24) is 0 Å². The van der Waals surface area contributed by atoms with Crippen LogP contribution >= 0.6 is 0 Å². The van der Waals surface area contributed by atoms with Gasteiger partial charge in [-0.3, -0.25) is 19.6 Å². The van der Waals surface area contributed by atoms with Crippen LogP contribution in [-0.4, -0.2) is 25.8 Å². The topological polar surface area (TPSA) is 110 Å². The van der Waals surface area contributed by atoms with Crippen molar-refractivity contribution < 1.29 is 18.1 Å². The van der Waals surface area contributed by atoms with Gasteiger partial charge in [0.1, 0.15) is 0 Å². The van der Waals surface area contributed by atoms with Gasteiger partial charge < -0.3 is 4.90 Å². The fourth-order valence-corrected chi connectivity index (χ4v) is 4.06. The molecule has 2 aromatic carbocycles. The summed E-state index contributed by atoms with van der Waals surface area (Å²) in [4.78, 5) is 23.4. The number of hydrogen-bond acceptors (Lipinski definition) is 5. The number of nitrogens with one attached hydrogen (secondary N) is 1. The standard InChI is InChI=1S/C16H15N3O5S/c1-2-18-13-8-7-12(9-11(13)10-16(18)20)17-25(23,24)15-6-4-3-5-14(15)19(21)22/h3-9,17H,2,10H2,1H3. The Balaban J connectivity index is 1.95. The van der Waals surface area contributed by atoms with Gasteiger partial charge in [-0.1, -0.05) is 12.1 Å². The molecular formula is C16H15N3O5S. The average Bonchev–Trinajstić information content (AvgIpc) is 2.88. The molecule has 0 saturated heterocycles. The maximum absolute atomic E-state index is 12.5. The van der Waals surface area contributed by atoms with Gasteiger partial charge in [0, 0.05) is 24.0 Å². The third kappa shape index (κ3) is 3.05. The Kier molecular flexibility index (Phi) is 4.17. The Morgan fingerprint density at radius 1 is 1.24 bits per heavy atom. The summed E-state index contributed by atoms with van der Waals surface area (Å²) in [5, 5.41) is 11.0. The van der Waals surface area contributed by atoms with E-state index in [1.54, 1.807) is 17.0 Å². The van der Waals surface area contributed by atoms with E-state index in [1.807, 2.05) is 6.92 Å². The van der Waals surface area contributed by atoms with Crippen LogP contribution in [0.4, 0.5) is 17.1 Å². The van der Waals surface area contributed by atoms with Gasteiger partial charge in [0.25, 0.3) is 15.7 Å². The molecule has 0 fully saturated rings. The quantitative estimate of drug-likeness (QED) is 0.649. The van der Waals surface area contributed by atoms with E-state index in [1.165, 1.54) is 24.3 Å². The number of amides is 1. The van der Waals surface area contributed by atoms with Crippen molar-refractivity contribution in [3.63, 3.8) is 0 Å². The molecule has 9 heteroatoms. The molecule has 1 N–H and O–H groups in total. The highest BCUT2D eigenvalue weighted by atomic mass is 32.2. The first kappa shape index (κ1) is 16.9. The van der Waals surface area contributed by atoms with Crippen molar-refractivity contribution >= 4 is 33.0 Å². The molecule has 3 rings (SSSR count). The van der Waals surface area contributed by atoms with E-state index in [0.29, 0.717) is 6.54 Å². The van der Waals surface area contributed by atoms with E-state index < -0.39 is 25.5 Å². The van der Waals surface area contributed by atoms with Crippen molar-refractivity contribution in [3.05, 3.63) is 58.1 Å². The number of fused-ring (bicyclic) bond motifs is 1. The fourth-order valence-electron chi connectivity index (χ4n) is 2.84. The zero-order valence-corrected chi connectivity index (χ0v) is 14.1. The van der Waals surface area contributed by atoms with Crippen LogP contribution in [-0.2, 0) is 21.2 Å². The molecule has 0 radical (unpaired) electrons. The molecule has 1 heterocycles. The molecule has 0 spiro atoms. The van der Waals surface area contributed by atoms with E-state index in [2.05, 4.69) is 4.72 Å². The number of nitrogens with zero attached hydrogens (tertiary/aromatic N) is 2. The lowest BCUT2D eigenvalue weighted by Gasteiger charge is -2.15. The number of sulfonamides is 1. The number of nitro groups is 1. The van der Waals surface area contributed by atoms with E-state index in [4.69, 9.17) is 0 Å². The summed E-state index contributed by atoms with van der Waals surface area (Å²) in [5.41, 5.74) is 1.22. The molecule has 1 aliphatic rings. The Labute approximate surface area is 144 Å². The van der Waals surface area contributed by atoms with Crippen LogP contribution < -0.4 is 9.62 Å². The second-order valence-corrected chi connectivity index (χ2v) is 7.14. The first-order chi connectivity index (χ1) is 11.8. The first-order valence-corrected chi connectivity index (χ1v) is 9.01. The van der Waals surface area contributed by atoms with Crippen molar-refractivity contribution in [2.24, 2.45) is 0 Å². The molecule has 0 unspecified atom stereocenters. The van der Waals surface area contributed by atoms with Gasteiger partial charge in [0.2, 0.25) is 5.91 Å². The smallest absolute Gasteiger partial charge is 0.289 e. The van der Waals surface area contributed by atoms with Crippen LogP contribution in [0.3, 0.4) is 0 Å². The first-order valence-electron chi connectivity index (χ1n) is 7.53. The number of hydrogen-bond donors (Lipinski definition) is 1. The lowest BCUT2D eigenvalue weighted by molar-refractivity contribution is -0.387. The maximum Gasteiger partial charge on any atom is 0.289 e. The molecule has 0 aliphatic carbocycles. The van der Waals surface area contributed by atoms with Crippen LogP contribution in [0, 0.1) is 10.1 Å². The highest BCUT2D eigenvalue weighted by Crippen LogP contribution is 2.32. The average molecular weight is 361 g/mol. The Morgan fingerprint density at radius 3 is 2.64 bits per heavy atom. The minimum Gasteiger partial charge on any atom is -0.312 e. The summed E-state index contributed by atoms with van der Waals surface area (Å²) < 4.78 is 27.4. The summed E-state index contributed by atoms with van der Waals surface area (Å²) in [6.45, 7) is 2.39. The van der Waals surface area contributed by atoms with Crippen molar-refractivity contribution in [2.75, 3.05) is 16.2 Å². The summed E-state index contributed by atoms with van der Waals surface area (Å²) in [5.74, 6) is -0.0452. The number of rotatable bonds is 5. The van der Waals surface area contributed by atoms with E-state index in [0.717, 1.165) is 17.3 Å². The Morgan fingerprint density at radius 2 is 1.96 bits per heavy atom. The molecule has 0 bridgehead atoms. The minimum absolute atomic E-state index is 0.0452. The number of carbonyl (C=O) groups is 1. The van der Waals surface area contributed by atoms with E-state index >= 15 is 0 Å². The molecule has 1 aliphatic heterocycles. The summed E-state index contributed by atoms with van der Waals surface area (Å²) in [6.07, 6.45) is 0.199. The second-order valence-electron chi connectivity index (χ2n) is 5.49. The normalized spacial score (nSPS) is 13.6. The molecular weight excluding hydrogens is 346 g/mol. The molecule has 130 valence electrons. The van der Waals surface area contributed by atoms with Gasteiger partial charge in [-0.25, -0.2) is 8.42 Å². The molecule has 0 saturated carbocycles. The van der Waals surface area contributed by atoms with Crippen LogP contribution in [0.15, 0.2) is 47.4 Å². The van der Waals surface area contributed by atoms with Gasteiger partial charge in [-0.2, -0.15) is 0 Å². The monoisotopic (exact) mass is 361 g/mol. The predicted octanol–water partition coefficient (Wildman–Crippen LogP) is 2.30. The van der Waals surface area contributed by atoms with Crippen molar-refractivity contribution in [3.8, 4) is 0 Å². The summed E-state index contributed by atoms with van der Waals surface area (Å²) >= 11 is 0. The van der Waals surface area contributed by atoms with Crippen LogP contribution in [0.25, 0.3) is 0 Å². The highest BCUT2D eigenvalue weighted by molar-refractivity contribution is 7.92. The minimum atomic E-state index is -4.13. The summed E-state index contributed by atoms with van der Waals surface area (Å²) in [7, 11) is -4.13. The van der Waals surface area contributed by atoms with Crippen LogP contribution in [0.2, 0.25) is 0 Å². The maximum atomic E-state index is 12.5. The number of anilines is 2. The third-order valence-electron chi connectivity index (χ3n) is 3.93. The van der Waals surface area contributed by atoms with Crippen LogP contribution in [0.5, 0.6) is 0 Å². The van der Waals surface area contributed by atoms with Crippen molar-refractivity contribution in [2.45, 2.75) is 18.2 Å². The van der Waals surface area contributed by atoms with Gasteiger partial charge in [0.05, 0.1) is 11.3 Å². The predicted molar refractivity (Wildman–Crippen MR) is 92.1 cm³/mol. The molecule has 8 nitrogen and oxygen atoms in total. The molecule has 1 amide bonds. The Bertz CT molecular complexity index is 971. The molecule has 0 aromatic heterocycles.